The van der Waals surface area contributed by atoms with Crippen molar-refractivity contribution in [2.75, 3.05) is 0 Å². The van der Waals surface area contributed by atoms with Crippen LogP contribution in [0.3, 0.4) is 0 Å². The van der Waals surface area contributed by atoms with Crippen molar-refractivity contribution in [1.82, 2.24) is 0 Å². The number of fused-ring (bicyclic) bond motifs is 2. The summed E-state index contributed by atoms with van der Waals surface area (Å²) < 4.78 is 14.8. The fraction of sp³-hybridized carbons (Fsp3) is 0.0870. The Kier molecular flexibility index (Phi) is 4.44. The summed E-state index contributed by atoms with van der Waals surface area (Å²) in [7, 11) is 0. The number of benzene rings is 3. The van der Waals surface area contributed by atoms with E-state index < -0.39 is 5.97 Å². The molecule has 27 heavy (non-hydrogen) atoms. The maximum Gasteiger partial charge on any atom is 0.307 e. The van der Waals surface area contributed by atoms with Gasteiger partial charge in [0.1, 0.15) is 5.82 Å². The zero-order valence-corrected chi connectivity index (χ0v) is 16.2. The first-order chi connectivity index (χ1) is 13.0. The molecule has 1 aliphatic carbocycles. The van der Waals surface area contributed by atoms with Gasteiger partial charge in [0.15, 0.2) is 0 Å². The number of carbonyl (C=O) groups is 1. The Morgan fingerprint density at radius 2 is 1.81 bits per heavy atom. The van der Waals surface area contributed by atoms with Gasteiger partial charge in [-0.25, -0.2) is 4.39 Å². The molecule has 0 aliphatic heterocycles. The second-order valence-corrected chi connectivity index (χ2v) is 7.46. The lowest BCUT2D eigenvalue weighted by molar-refractivity contribution is -0.135. The van der Waals surface area contributed by atoms with Crippen LogP contribution >= 0.6 is 15.9 Å². The Hall–Kier alpha value is -2.72. The van der Waals surface area contributed by atoms with Crippen molar-refractivity contribution in [3.05, 3.63) is 87.2 Å². The van der Waals surface area contributed by atoms with Gasteiger partial charge in [-0.3, -0.25) is 4.79 Å². The van der Waals surface area contributed by atoms with Gasteiger partial charge in [0.05, 0.1) is 6.42 Å². The number of rotatable bonds is 3. The topological polar surface area (TPSA) is 37.3 Å². The van der Waals surface area contributed by atoms with Crippen LogP contribution in [0.4, 0.5) is 4.39 Å². The maximum absolute atomic E-state index is 13.8. The third kappa shape index (κ3) is 3.10. The van der Waals surface area contributed by atoms with Crippen LogP contribution in [0.1, 0.15) is 30.0 Å². The van der Waals surface area contributed by atoms with Gasteiger partial charge in [0.25, 0.3) is 0 Å². The molecular weight excluding hydrogens is 407 g/mol. The van der Waals surface area contributed by atoms with Gasteiger partial charge in [-0.15, -0.1) is 0 Å². The second-order valence-electron chi connectivity index (χ2n) is 6.60. The maximum atomic E-state index is 13.8. The number of carboxylic acid groups (broad SMARTS) is 1. The number of carboxylic acids is 1. The minimum Gasteiger partial charge on any atom is -0.481 e. The molecule has 4 rings (SSSR count). The standard InChI is InChI=1S/C23H16BrFO2/c1-13-19(10-14-6-9-22(24)18-5-3-2-4-16(14)18)17-8-7-15(25)11-21(17)20(13)12-23(26)27/h2-11H,12H2,1H3,(H,26,27). The highest BCUT2D eigenvalue weighted by Crippen LogP contribution is 2.44. The molecule has 2 nitrogen and oxygen atoms in total. The summed E-state index contributed by atoms with van der Waals surface area (Å²) in [6.07, 6.45) is 1.94. The summed E-state index contributed by atoms with van der Waals surface area (Å²) in [4.78, 5) is 11.3. The smallest absolute Gasteiger partial charge is 0.307 e. The highest BCUT2D eigenvalue weighted by molar-refractivity contribution is 9.10. The lowest BCUT2D eigenvalue weighted by atomic mass is 9.97. The SMILES string of the molecule is CC1=C(CC(=O)O)c2cc(F)ccc2C1=Cc1ccc(Br)c2ccccc12. The van der Waals surface area contributed by atoms with E-state index >= 15 is 0 Å². The molecule has 0 saturated carbocycles. The van der Waals surface area contributed by atoms with Gasteiger partial charge in [0, 0.05) is 4.47 Å². The van der Waals surface area contributed by atoms with E-state index in [0.29, 0.717) is 11.1 Å². The molecule has 1 aliphatic rings. The molecule has 0 atom stereocenters. The quantitative estimate of drug-likeness (QED) is 0.519. The van der Waals surface area contributed by atoms with E-state index in [1.807, 2.05) is 31.2 Å². The Morgan fingerprint density at radius 3 is 2.56 bits per heavy atom. The molecule has 0 bridgehead atoms. The third-order valence-electron chi connectivity index (χ3n) is 4.99. The molecule has 0 aromatic heterocycles. The predicted octanol–water partition coefficient (Wildman–Crippen LogP) is 6.54. The highest BCUT2D eigenvalue weighted by atomic mass is 79.9. The van der Waals surface area contributed by atoms with Crippen molar-refractivity contribution >= 4 is 49.9 Å². The zero-order chi connectivity index (χ0) is 19.1. The van der Waals surface area contributed by atoms with Crippen molar-refractivity contribution in [3.63, 3.8) is 0 Å². The molecule has 0 spiro atoms. The molecule has 134 valence electrons. The molecule has 0 amide bonds. The van der Waals surface area contributed by atoms with E-state index in [9.17, 15) is 14.3 Å². The highest BCUT2D eigenvalue weighted by Gasteiger charge is 2.25. The zero-order valence-electron chi connectivity index (χ0n) is 14.6. The lowest BCUT2D eigenvalue weighted by Gasteiger charge is -2.08. The van der Waals surface area contributed by atoms with Crippen molar-refractivity contribution in [2.24, 2.45) is 0 Å². The van der Waals surface area contributed by atoms with Crippen LogP contribution in [0.25, 0.3) is 28.0 Å². The van der Waals surface area contributed by atoms with Crippen LogP contribution in [0, 0.1) is 5.82 Å². The van der Waals surface area contributed by atoms with E-state index in [2.05, 4.69) is 34.1 Å². The largest absolute Gasteiger partial charge is 0.481 e. The van der Waals surface area contributed by atoms with Gasteiger partial charge in [-0.2, -0.15) is 0 Å². The van der Waals surface area contributed by atoms with E-state index in [1.54, 1.807) is 6.07 Å². The first-order valence-electron chi connectivity index (χ1n) is 8.57. The minimum atomic E-state index is -0.921. The predicted molar refractivity (Wildman–Crippen MR) is 111 cm³/mol. The average molecular weight is 423 g/mol. The van der Waals surface area contributed by atoms with Crippen LogP contribution < -0.4 is 0 Å². The molecule has 3 aromatic carbocycles. The number of hydrogen-bond donors (Lipinski definition) is 1. The molecule has 1 N–H and O–H groups in total. The summed E-state index contributed by atoms with van der Waals surface area (Å²) in [5, 5.41) is 11.5. The summed E-state index contributed by atoms with van der Waals surface area (Å²) >= 11 is 3.59. The lowest BCUT2D eigenvalue weighted by Crippen LogP contribution is -1.97. The molecule has 0 radical (unpaired) electrons. The Morgan fingerprint density at radius 1 is 1.07 bits per heavy atom. The van der Waals surface area contributed by atoms with Crippen molar-refractivity contribution in [2.45, 2.75) is 13.3 Å². The van der Waals surface area contributed by atoms with Crippen LogP contribution in [-0.4, -0.2) is 11.1 Å². The molecule has 0 heterocycles. The van der Waals surface area contributed by atoms with Crippen molar-refractivity contribution in [3.8, 4) is 0 Å². The number of hydrogen-bond acceptors (Lipinski definition) is 1. The molecule has 3 aromatic rings. The normalized spacial score (nSPS) is 14.9. The van der Waals surface area contributed by atoms with Crippen molar-refractivity contribution in [1.29, 1.82) is 0 Å². The Bertz CT molecular complexity index is 1160. The average Bonchev–Trinajstić information content (AvgIpc) is 2.89. The van der Waals surface area contributed by atoms with E-state index in [0.717, 1.165) is 37.5 Å². The van der Waals surface area contributed by atoms with Crippen LogP contribution in [0.2, 0.25) is 0 Å². The number of halogens is 2. The van der Waals surface area contributed by atoms with Gasteiger partial charge >= 0.3 is 5.97 Å². The van der Waals surface area contributed by atoms with Gasteiger partial charge in [-0.05, 0) is 75.4 Å². The summed E-state index contributed by atoms with van der Waals surface area (Å²) in [5.41, 5.74) is 5.07. The fourth-order valence-electron chi connectivity index (χ4n) is 3.70. The van der Waals surface area contributed by atoms with E-state index in [-0.39, 0.29) is 12.2 Å². The number of aliphatic carboxylic acids is 1. The van der Waals surface area contributed by atoms with Crippen molar-refractivity contribution < 1.29 is 14.3 Å². The third-order valence-corrected chi connectivity index (χ3v) is 5.68. The first kappa shape index (κ1) is 17.7. The van der Waals surface area contributed by atoms with Crippen LogP contribution in [0.5, 0.6) is 0 Å². The fourth-order valence-corrected chi connectivity index (χ4v) is 4.18. The molecule has 0 saturated heterocycles. The first-order valence-corrected chi connectivity index (χ1v) is 9.36. The summed E-state index contributed by atoms with van der Waals surface area (Å²) in [6.45, 7) is 1.91. The van der Waals surface area contributed by atoms with Crippen LogP contribution in [0.15, 0.2) is 64.6 Å². The Balaban J connectivity index is 1.96. The van der Waals surface area contributed by atoms with Crippen LogP contribution in [-0.2, 0) is 4.79 Å². The number of allylic oxidation sites excluding steroid dienone is 2. The Labute approximate surface area is 164 Å². The molecule has 0 fully saturated rings. The van der Waals surface area contributed by atoms with Gasteiger partial charge < -0.3 is 5.11 Å². The minimum absolute atomic E-state index is 0.124. The summed E-state index contributed by atoms with van der Waals surface area (Å²) in [6, 6.07) is 16.7. The second kappa shape index (κ2) is 6.78. The molecule has 4 heteroatoms. The van der Waals surface area contributed by atoms with E-state index in [1.165, 1.54) is 12.1 Å². The molecule has 0 unspecified atom stereocenters. The monoisotopic (exact) mass is 422 g/mol. The van der Waals surface area contributed by atoms with Gasteiger partial charge in [-0.1, -0.05) is 52.3 Å². The summed E-state index contributed by atoms with van der Waals surface area (Å²) in [5.74, 6) is -1.28. The van der Waals surface area contributed by atoms with E-state index in [4.69, 9.17) is 0 Å². The van der Waals surface area contributed by atoms with Gasteiger partial charge in [0.2, 0.25) is 0 Å². The molecular formula is C23H16BrFO2.